The molecule has 0 atom stereocenters. The van der Waals surface area contributed by atoms with Gasteiger partial charge in [-0.3, -0.25) is 0 Å². The highest BCUT2D eigenvalue weighted by Gasteiger charge is 2.35. The van der Waals surface area contributed by atoms with E-state index < -0.39 is 11.9 Å². The first kappa shape index (κ1) is 9.33. The minimum absolute atomic E-state index is 0.112. The first-order valence-corrected chi connectivity index (χ1v) is 4.04. The fraction of sp³-hybridized carbons (Fsp3) is 0.125. The Hall–Kier alpha value is -1.23. The molecule has 0 aliphatic rings. The molecule has 2 rings (SSSR count). The van der Waals surface area contributed by atoms with Crippen molar-refractivity contribution in [3.8, 4) is 0 Å². The van der Waals surface area contributed by atoms with Crippen molar-refractivity contribution in [3.05, 3.63) is 30.1 Å². The Morgan fingerprint density at radius 3 is 2.64 bits per heavy atom. The first-order chi connectivity index (χ1) is 6.50. The fourth-order valence-electron chi connectivity index (χ4n) is 1.20. The summed E-state index contributed by atoms with van der Waals surface area (Å²) in [5, 5.41) is 0.370. The van der Waals surface area contributed by atoms with E-state index in [1.807, 2.05) is 0 Å². The van der Waals surface area contributed by atoms with Gasteiger partial charge in [0.2, 0.25) is 0 Å². The second kappa shape index (κ2) is 2.88. The van der Waals surface area contributed by atoms with Gasteiger partial charge in [-0.2, -0.15) is 13.2 Å². The molecule has 2 aromatic rings. The number of alkyl halides is 3. The molecule has 0 aliphatic carbocycles. The summed E-state index contributed by atoms with van der Waals surface area (Å²) in [6.45, 7) is 0. The highest BCUT2D eigenvalue weighted by atomic mass is 35.5. The van der Waals surface area contributed by atoms with Crippen molar-refractivity contribution in [2.45, 2.75) is 6.18 Å². The van der Waals surface area contributed by atoms with Crippen LogP contribution in [0.1, 0.15) is 5.69 Å². The molecular formula is C8H4ClF3N2. The molecule has 2 heterocycles. The number of fused-ring (bicyclic) bond motifs is 1. The third-order valence-electron chi connectivity index (χ3n) is 1.80. The smallest absolute Gasteiger partial charge is 0.237 e. The number of rotatable bonds is 0. The van der Waals surface area contributed by atoms with Crippen LogP contribution >= 0.6 is 11.8 Å². The number of pyridine rings is 1. The van der Waals surface area contributed by atoms with E-state index in [2.05, 4.69) is 4.98 Å². The topological polar surface area (TPSA) is 17.8 Å². The maximum absolute atomic E-state index is 12.4. The van der Waals surface area contributed by atoms with Crippen LogP contribution in [0.25, 0.3) is 11.0 Å². The SMILES string of the molecule is FC(F)(F)c1cc2cccnc2n1Cl. The average Bonchev–Trinajstić information content (AvgIpc) is 2.44. The number of nitrogens with zero attached hydrogens (tertiary/aromatic N) is 2. The van der Waals surface area contributed by atoms with Crippen molar-refractivity contribution in [1.29, 1.82) is 0 Å². The first-order valence-electron chi connectivity index (χ1n) is 3.70. The zero-order chi connectivity index (χ0) is 10.3. The van der Waals surface area contributed by atoms with Gasteiger partial charge in [-0.15, -0.1) is 0 Å². The van der Waals surface area contributed by atoms with Gasteiger partial charge in [0.25, 0.3) is 0 Å². The summed E-state index contributed by atoms with van der Waals surface area (Å²) in [7, 11) is 0. The van der Waals surface area contributed by atoms with Gasteiger partial charge in [-0.25, -0.2) is 9.07 Å². The number of hydrogen-bond donors (Lipinski definition) is 0. The van der Waals surface area contributed by atoms with Crippen LogP contribution in [-0.4, -0.2) is 9.07 Å². The van der Waals surface area contributed by atoms with E-state index in [0.29, 0.717) is 9.47 Å². The lowest BCUT2D eigenvalue weighted by atomic mass is 10.3. The fourth-order valence-corrected chi connectivity index (χ4v) is 1.48. The van der Waals surface area contributed by atoms with E-state index >= 15 is 0 Å². The van der Waals surface area contributed by atoms with E-state index in [-0.39, 0.29) is 5.65 Å². The molecule has 0 unspecified atom stereocenters. The van der Waals surface area contributed by atoms with Crippen molar-refractivity contribution in [2.24, 2.45) is 0 Å². The summed E-state index contributed by atoms with van der Waals surface area (Å²) in [4.78, 5) is 3.75. The molecule has 0 aromatic carbocycles. The molecule has 14 heavy (non-hydrogen) atoms. The summed E-state index contributed by atoms with van der Waals surface area (Å²) < 4.78 is 37.6. The van der Waals surface area contributed by atoms with E-state index in [4.69, 9.17) is 11.8 Å². The molecule has 0 N–H and O–H groups in total. The standard InChI is InChI=1S/C8H4ClF3N2/c9-14-6(8(10,11)12)4-5-2-1-3-13-7(5)14/h1-4H. The number of halogens is 4. The van der Waals surface area contributed by atoms with E-state index in [9.17, 15) is 13.2 Å². The van der Waals surface area contributed by atoms with Crippen molar-refractivity contribution in [3.63, 3.8) is 0 Å². The minimum atomic E-state index is -4.46. The van der Waals surface area contributed by atoms with Gasteiger partial charge >= 0.3 is 6.18 Å². The second-order valence-electron chi connectivity index (χ2n) is 2.72. The third kappa shape index (κ3) is 1.33. The molecular weight excluding hydrogens is 217 g/mol. The normalized spacial score (nSPS) is 12.3. The maximum Gasteiger partial charge on any atom is 0.432 e. The monoisotopic (exact) mass is 220 g/mol. The van der Waals surface area contributed by atoms with Crippen LogP contribution in [0.5, 0.6) is 0 Å². The predicted molar refractivity (Wildman–Crippen MR) is 46.0 cm³/mol. The van der Waals surface area contributed by atoms with Gasteiger partial charge in [-0.1, -0.05) is 0 Å². The molecule has 0 fully saturated rings. The lowest BCUT2D eigenvalue weighted by Gasteiger charge is -2.04. The molecule has 0 saturated heterocycles. The Morgan fingerprint density at radius 2 is 2.07 bits per heavy atom. The van der Waals surface area contributed by atoms with Crippen LogP contribution in [0.4, 0.5) is 13.2 Å². The van der Waals surface area contributed by atoms with Crippen molar-refractivity contribution in [2.75, 3.05) is 0 Å². The van der Waals surface area contributed by atoms with Crippen molar-refractivity contribution < 1.29 is 13.2 Å². The highest BCUT2D eigenvalue weighted by Crippen LogP contribution is 2.33. The lowest BCUT2D eigenvalue weighted by molar-refractivity contribution is -0.141. The average molecular weight is 221 g/mol. The third-order valence-corrected chi connectivity index (χ3v) is 2.14. The van der Waals surface area contributed by atoms with E-state index in [1.54, 1.807) is 6.07 Å². The Bertz CT molecular complexity index is 475. The van der Waals surface area contributed by atoms with Crippen molar-refractivity contribution >= 4 is 22.8 Å². The molecule has 74 valence electrons. The van der Waals surface area contributed by atoms with Gasteiger partial charge in [-0.05, 0) is 18.2 Å². The summed E-state index contributed by atoms with van der Waals surface area (Å²) >= 11 is 5.48. The summed E-state index contributed by atoms with van der Waals surface area (Å²) in [6.07, 6.45) is -3.07. The minimum Gasteiger partial charge on any atom is -0.237 e. The Morgan fingerprint density at radius 1 is 1.36 bits per heavy atom. The van der Waals surface area contributed by atoms with Gasteiger partial charge in [0.15, 0.2) is 5.65 Å². The van der Waals surface area contributed by atoms with Gasteiger partial charge < -0.3 is 0 Å². The van der Waals surface area contributed by atoms with Crippen LogP contribution in [0.15, 0.2) is 24.4 Å². The molecule has 0 radical (unpaired) electrons. The maximum atomic E-state index is 12.4. The van der Waals surface area contributed by atoms with Gasteiger partial charge in [0.05, 0.1) is 0 Å². The van der Waals surface area contributed by atoms with E-state index in [0.717, 1.165) is 6.07 Å². The van der Waals surface area contributed by atoms with Crippen LogP contribution < -0.4 is 0 Å². The largest absolute Gasteiger partial charge is 0.432 e. The summed E-state index contributed by atoms with van der Waals surface area (Å²) in [5.74, 6) is 0. The Kier molecular flexibility index (Phi) is 1.92. The van der Waals surface area contributed by atoms with Crippen LogP contribution in [0.3, 0.4) is 0 Å². The zero-order valence-corrected chi connectivity index (χ0v) is 7.47. The summed E-state index contributed by atoms with van der Waals surface area (Å²) in [6, 6.07) is 4.05. The molecule has 0 aliphatic heterocycles. The molecule has 0 saturated carbocycles. The quantitative estimate of drug-likeness (QED) is 0.667. The molecule has 2 nitrogen and oxygen atoms in total. The molecule has 6 heteroatoms. The predicted octanol–water partition coefficient (Wildman–Crippen LogP) is 3.06. The molecule has 0 spiro atoms. The van der Waals surface area contributed by atoms with Gasteiger partial charge in [0.1, 0.15) is 5.69 Å². The van der Waals surface area contributed by atoms with Crippen LogP contribution in [-0.2, 0) is 6.18 Å². The van der Waals surface area contributed by atoms with E-state index in [1.165, 1.54) is 12.3 Å². The highest BCUT2D eigenvalue weighted by molar-refractivity contribution is 6.19. The lowest BCUT2D eigenvalue weighted by Crippen LogP contribution is -2.08. The van der Waals surface area contributed by atoms with Crippen LogP contribution in [0, 0.1) is 0 Å². The Balaban J connectivity index is 2.75. The van der Waals surface area contributed by atoms with Gasteiger partial charge in [0, 0.05) is 23.4 Å². The molecule has 2 aromatic heterocycles. The molecule has 0 amide bonds. The van der Waals surface area contributed by atoms with Crippen LogP contribution in [0.2, 0.25) is 0 Å². The summed E-state index contributed by atoms with van der Waals surface area (Å²) in [5.41, 5.74) is -0.797. The second-order valence-corrected chi connectivity index (χ2v) is 3.06. The zero-order valence-electron chi connectivity index (χ0n) is 6.72. The Labute approximate surface area is 82.0 Å². The molecule has 0 bridgehead atoms. The number of hydrogen-bond acceptors (Lipinski definition) is 1. The van der Waals surface area contributed by atoms with Crippen molar-refractivity contribution in [1.82, 2.24) is 9.07 Å². The number of aromatic nitrogens is 2.